The maximum Gasteiger partial charge on any atom is 0.246 e. The number of nitrogens with zero attached hydrogens (tertiary/aromatic N) is 1. The first-order chi connectivity index (χ1) is 11.7. The van der Waals surface area contributed by atoms with Gasteiger partial charge in [-0.2, -0.15) is 0 Å². The minimum Gasteiger partial charge on any atom is -0.303 e. The Morgan fingerprint density at radius 3 is 2.12 bits per heavy atom. The Hall–Kier alpha value is -2.23. The molecule has 0 amide bonds. The van der Waals surface area contributed by atoms with E-state index in [1.165, 1.54) is 0 Å². The van der Waals surface area contributed by atoms with Gasteiger partial charge >= 0.3 is 0 Å². The van der Waals surface area contributed by atoms with Gasteiger partial charge in [-0.25, -0.2) is 0 Å². The Bertz CT molecular complexity index is 485. The lowest BCUT2D eigenvalue weighted by molar-refractivity contribution is -0.427. The fourth-order valence-electron chi connectivity index (χ4n) is 1.88. The third-order valence-electron chi connectivity index (χ3n) is 3.19. The summed E-state index contributed by atoms with van der Waals surface area (Å²) in [5.41, 5.74) is 0.245. The molecule has 0 aromatic carbocycles. The molecule has 4 nitrogen and oxygen atoms in total. The van der Waals surface area contributed by atoms with Crippen LogP contribution in [0, 0.1) is 10.1 Å². The summed E-state index contributed by atoms with van der Waals surface area (Å²) in [5, 5.41) is 10.9. The van der Waals surface area contributed by atoms with Crippen LogP contribution in [-0.2, 0) is 4.79 Å². The van der Waals surface area contributed by atoms with Crippen molar-refractivity contribution in [2.75, 3.05) is 0 Å². The number of allylic oxidation sites excluding steroid dienone is 9. The maximum atomic E-state index is 10.9. The molecule has 0 aromatic heterocycles. The van der Waals surface area contributed by atoms with Gasteiger partial charge in [0.25, 0.3) is 0 Å². The lowest BCUT2D eigenvalue weighted by Gasteiger charge is -1.93. The molecule has 0 N–H and O–H groups in total. The van der Waals surface area contributed by atoms with E-state index in [4.69, 9.17) is 0 Å². The van der Waals surface area contributed by atoms with E-state index in [1.54, 1.807) is 6.08 Å². The van der Waals surface area contributed by atoms with Gasteiger partial charge in [-0.05, 0) is 44.6 Å². The van der Waals surface area contributed by atoms with Crippen LogP contribution in [0.1, 0.15) is 58.3 Å². The highest BCUT2D eigenvalue weighted by molar-refractivity contribution is 5.49. The predicted molar refractivity (Wildman–Crippen MR) is 100 cm³/mol. The molecule has 24 heavy (non-hydrogen) atoms. The number of unbranched alkanes of at least 4 members (excludes halogenated alkanes) is 2. The molecule has 0 aliphatic rings. The fourth-order valence-corrected chi connectivity index (χ4v) is 1.88. The van der Waals surface area contributed by atoms with Gasteiger partial charge in [0.15, 0.2) is 0 Å². The molecule has 0 aliphatic carbocycles. The number of nitro groups is 1. The Balaban J connectivity index is 3.95. The van der Waals surface area contributed by atoms with Crippen molar-refractivity contribution in [3.8, 4) is 0 Å². The van der Waals surface area contributed by atoms with Gasteiger partial charge in [-0.3, -0.25) is 10.1 Å². The van der Waals surface area contributed by atoms with Crippen LogP contribution in [0.25, 0.3) is 0 Å². The van der Waals surface area contributed by atoms with Gasteiger partial charge in [0.05, 0.1) is 11.3 Å². The Kier molecular flexibility index (Phi) is 15.5. The van der Waals surface area contributed by atoms with Crippen LogP contribution in [0.5, 0.6) is 0 Å². The van der Waals surface area contributed by atoms with Crippen LogP contribution >= 0.6 is 0 Å². The molecule has 132 valence electrons. The lowest BCUT2D eigenvalue weighted by Crippen LogP contribution is -1.97. The Morgan fingerprint density at radius 1 is 0.875 bits per heavy atom. The van der Waals surface area contributed by atoms with Gasteiger partial charge < -0.3 is 4.79 Å². The average molecular weight is 331 g/mol. The van der Waals surface area contributed by atoms with Crippen LogP contribution in [-0.4, -0.2) is 11.2 Å². The molecule has 0 rings (SSSR count). The first-order valence-corrected chi connectivity index (χ1v) is 8.59. The zero-order valence-corrected chi connectivity index (χ0v) is 14.6. The summed E-state index contributed by atoms with van der Waals surface area (Å²) in [6, 6.07) is 0. The van der Waals surface area contributed by atoms with Crippen molar-refractivity contribution in [1.29, 1.82) is 0 Å². The minimum atomic E-state index is -0.310. The summed E-state index contributed by atoms with van der Waals surface area (Å²) in [6.45, 7) is 2.04. The molecule has 4 heteroatoms. The second-order valence-corrected chi connectivity index (χ2v) is 5.26. The van der Waals surface area contributed by atoms with Gasteiger partial charge in [-0.1, -0.05) is 55.5 Å². The first kappa shape index (κ1) is 21.8. The van der Waals surface area contributed by atoms with Crippen LogP contribution in [0.2, 0.25) is 0 Å². The molecule has 0 atom stereocenters. The molecule has 0 aromatic rings. The van der Waals surface area contributed by atoms with Crippen molar-refractivity contribution in [2.45, 2.75) is 58.3 Å². The number of carbonyl (C=O) groups excluding carboxylic acids is 1. The van der Waals surface area contributed by atoms with Crippen molar-refractivity contribution in [3.63, 3.8) is 0 Å². The summed E-state index contributed by atoms with van der Waals surface area (Å²) in [5.74, 6) is 0. The molecular weight excluding hydrogens is 302 g/mol. The van der Waals surface area contributed by atoms with Crippen molar-refractivity contribution < 1.29 is 9.72 Å². The zero-order chi connectivity index (χ0) is 17.9. The third kappa shape index (κ3) is 14.7. The summed E-state index contributed by atoms with van der Waals surface area (Å²) < 4.78 is 0. The summed E-state index contributed by atoms with van der Waals surface area (Å²) >= 11 is 0. The van der Waals surface area contributed by atoms with Crippen molar-refractivity contribution in [2.24, 2.45) is 0 Å². The number of rotatable bonds is 14. The van der Waals surface area contributed by atoms with Crippen LogP contribution in [0.4, 0.5) is 0 Å². The van der Waals surface area contributed by atoms with Crippen LogP contribution < -0.4 is 0 Å². The average Bonchev–Trinajstić information content (AvgIpc) is 2.57. The highest BCUT2D eigenvalue weighted by Gasteiger charge is 2.06. The van der Waals surface area contributed by atoms with E-state index in [0.29, 0.717) is 19.3 Å². The molecule has 0 fully saturated rings. The van der Waals surface area contributed by atoms with E-state index in [1.807, 2.05) is 37.3 Å². The van der Waals surface area contributed by atoms with Crippen LogP contribution in [0.15, 0.2) is 60.4 Å². The van der Waals surface area contributed by atoms with Crippen molar-refractivity contribution >= 4 is 6.29 Å². The topological polar surface area (TPSA) is 60.2 Å². The molecule has 0 heterocycles. The monoisotopic (exact) mass is 331 g/mol. The smallest absolute Gasteiger partial charge is 0.246 e. The molecule has 0 radical (unpaired) electrons. The highest BCUT2D eigenvalue weighted by Crippen LogP contribution is 2.06. The van der Waals surface area contributed by atoms with E-state index in [9.17, 15) is 14.9 Å². The number of aldehydes is 1. The molecule has 0 aliphatic heterocycles. The molecule has 0 bridgehead atoms. The van der Waals surface area contributed by atoms with Gasteiger partial charge in [0.2, 0.25) is 5.70 Å². The van der Waals surface area contributed by atoms with E-state index in [2.05, 4.69) is 18.2 Å². The summed E-state index contributed by atoms with van der Waals surface area (Å²) in [6.07, 6.45) is 24.7. The summed E-state index contributed by atoms with van der Waals surface area (Å²) in [4.78, 5) is 20.8. The largest absolute Gasteiger partial charge is 0.303 e. The van der Waals surface area contributed by atoms with Crippen molar-refractivity contribution in [1.82, 2.24) is 0 Å². The second-order valence-electron chi connectivity index (χ2n) is 5.26. The standard InChI is InChI=1S/C20H29NO3/c1-2-3-4-14-17-20(21(23)24)18-15-12-10-8-6-5-7-9-11-13-16-19-22/h3-4,6-9,12,15,17,19H,2,5,10-11,13-14,16,18H2,1H3/b4-3-,8-6-,9-7-,15-12-,20-17+. The third-order valence-corrected chi connectivity index (χ3v) is 3.19. The minimum absolute atomic E-state index is 0.245. The number of hydrogen-bond donors (Lipinski definition) is 0. The van der Waals surface area contributed by atoms with Gasteiger partial charge in [-0.15, -0.1) is 0 Å². The molecule has 0 saturated carbocycles. The van der Waals surface area contributed by atoms with Crippen molar-refractivity contribution in [3.05, 3.63) is 70.5 Å². The van der Waals surface area contributed by atoms with E-state index >= 15 is 0 Å². The molecule has 0 unspecified atom stereocenters. The van der Waals surface area contributed by atoms with Gasteiger partial charge in [0.1, 0.15) is 6.29 Å². The second kappa shape index (κ2) is 17.1. The normalized spacial score (nSPS) is 13.0. The molecule has 0 spiro atoms. The lowest BCUT2D eigenvalue weighted by atomic mass is 10.2. The zero-order valence-electron chi connectivity index (χ0n) is 14.6. The van der Waals surface area contributed by atoms with Crippen LogP contribution in [0.3, 0.4) is 0 Å². The Morgan fingerprint density at radius 2 is 1.50 bits per heavy atom. The maximum absolute atomic E-state index is 10.9. The van der Waals surface area contributed by atoms with E-state index in [-0.39, 0.29) is 10.6 Å². The Labute approximate surface area is 145 Å². The quantitative estimate of drug-likeness (QED) is 0.135. The highest BCUT2D eigenvalue weighted by atomic mass is 16.6. The molecular formula is C20H29NO3. The van der Waals surface area contributed by atoms with E-state index < -0.39 is 0 Å². The SMILES string of the molecule is CC/C=C\C/C=C(\C/C=C\C/C=C\C/C=C\CCCC=O)[N+](=O)[O-]. The molecule has 0 saturated heterocycles. The first-order valence-electron chi connectivity index (χ1n) is 8.59. The van der Waals surface area contributed by atoms with E-state index in [0.717, 1.165) is 38.4 Å². The predicted octanol–water partition coefficient (Wildman–Crippen LogP) is 5.71. The van der Waals surface area contributed by atoms with Gasteiger partial charge in [0, 0.05) is 6.42 Å². The number of carbonyl (C=O) groups is 1. The fraction of sp³-hybridized carbons (Fsp3) is 0.450. The summed E-state index contributed by atoms with van der Waals surface area (Å²) in [7, 11) is 0. The number of hydrogen-bond acceptors (Lipinski definition) is 3.